The molecule has 43 heavy (non-hydrogen) atoms. The number of carboxylic acid groups (broad SMARTS) is 1. The van der Waals surface area contributed by atoms with Crippen molar-refractivity contribution in [2.24, 2.45) is 0 Å². The lowest BCUT2D eigenvalue weighted by molar-refractivity contribution is -0.139. The highest BCUT2D eigenvalue weighted by atomic mass is 32.2. The Hall–Kier alpha value is -4.05. The molecule has 0 aromatic heterocycles. The summed E-state index contributed by atoms with van der Waals surface area (Å²) in [5, 5.41) is 13.8. The van der Waals surface area contributed by atoms with E-state index in [2.05, 4.69) is 5.32 Å². The summed E-state index contributed by atoms with van der Waals surface area (Å²) in [5.74, 6) is -1.61. The first-order chi connectivity index (χ1) is 20.3. The van der Waals surface area contributed by atoms with Crippen LogP contribution in [0.4, 0.5) is 0 Å². The van der Waals surface area contributed by atoms with Gasteiger partial charge in [0.05, 0.1) is 4.90 Å². The molecular formula is C34H37NO6SSi. The minimum absolute atomic E-state index is 0.212. The van der Waals surface area contributed by atoms with Crippen LogP contribution in [0, 0.1) is 0 Å². The largest absolute Gasteiger partial charge is 0.480 e. The van der Waals surface area contributed by atoms with Gasteiger partial charge in [-0.3, -0.25) is 4.79 Å². The summed E-state index contributed by atoms with van der Waals surface area (Å²) in [6, 6.07) is 31.4. The van der Waals surface area contributed by atoms with Crippen molar-refractivity contribution in [1.82, 2.24) is 5.32 Å². The molecule has 4 aromatic rings. The van der Waals surface area contributed by atoms with Crippen LogP contribution in [0.1, 0.15) is 43.5 Å². The third-order valence-electron chi connectivity index (χ3n) is 8.02. The van der Waals surface area contributed by atoms with Crippen LogP contribution in [0.5, 0.6) is 0 Å². The molecule has 0 saturated carbocycles. The Morgan fingerprint density at radius 1 is 0.791 bits per heavy atom. The molecule has 0 unspecified atom stereocenters. The van der Waals surface area contributed by atoms with Gasteiger partial charge in [0.2, 0.25) is 0 Å². The molecule has 0 radical (unpaired) electrons. The zero-order valence-corrected chi connectivity index (χ0v) is 26.3. The normalized spacial score (nSPS) is 12.8. The van der Waals surface area contributed by atoms with Gasteiger partial charge in [-0.15, -0.1) is 0 Å². The molecule has 0 aliphatic heterocycles. The van der Waals surface area contributed by atoms with Gasteiger partial charge in [0.25, 0.3) is 14.2 Å². The summed E-state index contributed by atoms with van der Waals surface area (Å²) in [5.41, 5.74) is 1.90. The minimum atomic E-state index is -3.30. The van der Waals surface area contributed by atoms with E-state index < -0.39 is 41.1 Å². The van der Waals surface area contributed by atoms with E-state index in [1.54, 1.807) is 36.4 Å². The van der Waals surface area contributed by atoms with Gasteiger partial charge in [-0.2, -0.15) is 0 Å². The number of hydrogen-bond donors (Lipinski definition) is 3. The molecule has 3 N–H and O–H groups in total. The van der Waals surface area contributed by atoms with Crippen LogP contribution >= 0.6 is 0 Å². The molecule has 9 heteroatoms. The van der Waals surface area contributed by atoms with E-state index in [0.717, 1.165) is 27.8 Å². The average Bonchev–Trinajstić information content (AvgIpc) is 3.00. The first-order valence-electron chi connectivity index (χ1n) is 14.1. The highest BCUT2D eigenvalue weighted by Gasteiger charge is 2.49. The maximum absolute atomic E-state index is 13.0. The van der Waals surface area contributed by atoms with E-state index in [1.165, 1.54) is 12.1 Å². The molecule has 224 valence electrons. The van der Waals surface area contributed by atoms with Crippen molar-refractivity contribution in [2.45, 2.75) is 49.1 Å². The molecule has 7 nitrogen and oxygen atoms in total. The van der Waals surface area contributed by atoms with Crippen molar-refractivity contribution in [1.29, 1.82) is 0 Å². The highest BCUT2D eigenvalue weighted by Crippen LogP contribution is 2.40. The average molecular weight is 616 g/mol. The van der Waals surface area contributed by atoms with Gasteiger partial charge in [0.1, 0.15) is 6.04 Å². The highest BCUT2D eigenvalue weighted by molar-refractivity contribution is 7.90. The Morgan fingerprint density at radius 3 is 1.70 bits per heavy atom. The molecule has 0 aliphatic rings. The fraction of sp³-hybridized carbons (Fsp3) is 0.235. The van der Waals surface area contributed by atoms with Crippen LogP contribution in [0.2, 0.25) is 5.04 Å². The zero-order chi connectivity index (χ0) is 31.3. The van der Waals surface area contributed by atoms with E-state index in [0.29, 0.717) is 18.4 Å². The standard InChI is InChI=1S/C34H37NO6SSi/c1-34(2,43(41,29-11-6-4-7-12-29)30-13-8-5-9-14-30)24-10-15-31(33(37)38)35-32(36)27-18-16-25(17-19-27)26-20-22-28(23-21-26)42(3,39)40/h4-9,11-14,16-23,31,41H,10,15,24H2,1-3H3,(H,35,36)(H,37,38)/t31-/m0/s1. The minimum Gasteiger partial charge on any atom is -0.480 e. The number of carboxylic acids is 1. The van der Waals surface area contributed by atoms with Gasteiger partial charge in [0, 0.05) is 11.8 Å². The lowest BCUT2D eigenvalue weighted by Crippen LogP contribution is -2.65. The van der Waals surface area contributed by atoms with Gasteiger partial charge in [-0.1, -0.05) is 105 Å². The van der Waals surface area contributed by atoms with Crippen molar-refractivity contribution >= 4 is 40.4 Å². The maximum Gasteiger partial charge on any atom is 0.326 e. The molecule has 4 rings (SSSR count). The van der Waals surface area contributed by atoms with Gasteiger partial charge >= 0.3 is 5.97 Å². The fourth-order valence-electron chi connectivity index (χ4n) is 5.44. The molecule has 1 atom stereocenters. The number of aliphatic carboxylic acids is 1. The predicted molar refractivity (Wildman–Crippen MR) is 172 cm³/mol. The second kappa shape index (κ2) is 13.1. The van der Waals surface area contributed by atoms with E-state index in [-0.39, 0.29) is 11.3 Å². The Bertz CT molecular complexity index is 1620. The molecule has 1 amide bonds. The lowest BCUT2D eigenvalue weighted by Gasteiger charge is -2.41. The lowest BCUT2D eigenvalue weighted by atomic mass is 10.0. The summed E-state index contributed by atoms with van der Waals surface area (Å²) in [6.07, 6.45) is 2.41. The number of hydrogen-bond acceptors (Lipinski definition) is 5. The number of rotatable bonds is 12. The Labute approximate surface area is 254 Å². The Morgan fingerprint density at radius 2 is 1.26 bits per heavy atom. The topological polar surface area (TPSA) is 121 Å². The van der Waals surface area contributed by atoms with Gasteiger partial charge in [0.15, 0.2) is 9.84 Å². The van der Waals surface area contributed by atoms with Gasteiger partial charge < -0.3 is 15.2 Å². The maximum atomic E-state index is 13.0. The van der Waals surface area contributed by atoms with Crippen LogP contribution in [-0.4, -0.2) is 50.8 Å². The monoisotopic (exact) mass is 615 g/mol. The smallest absolute Gasteiger partial charge is 0.326 e. The second-order valence-electron chi connectivity index (χ2n) is 11.5. The van der Waals surface area contributed by atoms with Crippen molar-refractivity contribution in [3.63, 3.8) is 0 Å². The third kappa shape index (κ3) is 7.30. The van der Waals surface area contributed by atoms with Crippen LogP contribution in [0.15, 0.2) is 114 Å². The number of benzene rings is 4. The van der Waals surface area contributed by atoms with E-state index in [1.807, 2.05) is 74.5 Å². The molecule has 0 bridgehead atoms. The number of carbonyl (C=O) groups is 2. The third-order valence-corrected chi connectivity index (χ3v) is 13.7. The van der Waals surface area contributed by atoms with E-state index in [9.17, 15) is 27.9 Å². The molecular weight excluding hydrogens is 579 g/mol. The van der Waals surface area contributed by atoms with Crippen molar-refractivity contribution in [3.8, 4) is 11.1 Å². The second-order valence-corrected chi connectivity index (χ2v) is 17.4. The first kappa shape index (κ1) is 31.9. The van der Waals surface area contributed by atoms with E-state index in [4.69, 9.17) is 0 Å². The number of nitrogens with one attached hydrogen (secondary N) is 1. The van der Waals surface area contributed by atoms with Crippen LogP contribution in [-0.2, 0) is 14.6 Å². The van der Waals surface area contributed by atoms with Gasteiger partial charge in [-0.25, -0.2) is 13.2 Å². The molecule has 4 aromatic carbocycles. The predicted octanol–water partition coefficient (Wildman–Crippen LogP) is 4.64. The number of amides is 1. The zero-order valence-electron chi connectivity index (χ0n) is 24.5. The molecule has 0 spiro atoms. The van der Waals surface area contributed by atoms with Gasteiger partial charge in [-0.05, 0) is 63.6 Å². The molecule has 0 aliphatic carbocycles. The van der Waals surface area contributed by atoms with Crippen molar-refractivity contribution in [2.75, 3.05) is 6.26 Å². The summed E-state index contributed by atoms with van der Waals surface area (Å²) < 4.78 is 23.4. The van der Waals surface area contributed by atoms with Crippen molar-refractivity contribution in [3.05, 3.63) is 115 Å². The van der Waals surface area contributed by atoms with Crippen LogP contribution < -0.4 is 15.7 Å². The van der Waals surface area contributed by atoms with Crippen LogP contribution in [0.25, 0.3) is 11.1 Å². The van der Waals surface area contributed by atoms with Crippen LogP contribution in [0.3, 0.4) is 0 Å². The number of carbonyl (C=O) groups excluding carboxylic acids is 1. The number of sulfone groups is 1. The molecule has 0 heterocycles. The van der Waals surface area contributed by atoms with Crippen molar-refractivity contribution < 1.29 is 27.9 Å². The molecule has 0 fully saturated rings. The summed E-state index contributed by atoms with van der Waals surface area (Å²) in [7, 11) is -6.52. The SMILES string of the molecule is CC(C)(CCC[C@H](NC(=O)c1ccc(-c2ccc(S(C)(=O)=O)cc2)cc1)C(=O)O)[Si](O)(c1ccccc1)c1ccccc1. The van der Waals surface area contributed by atoms with E-state index >= 15 is 0 Å². The summed E-state index contributed by atoms with van der Waals surface area (Å²) in [4.78, 5) is 37.6. The fourth-order valence-corrected chi connectivity index (χ4v) is 9.86. The Kier molecular flexibility index (Phi) is 9.69. The summed E-state index contributed by atoms with van der Waals surface area (Å²) >= 11 is 0. The quantitative estimate of drug-likeness (QED) is 0.200. The summed E-state index contributed by atoms with van der Waals surface area (Å²) in [6.45, 7) is 4.06. The first-order valence-corrected chi connectivity index (χ1v) is 17.9. The Balaban J connectivity index is 1.43. The molecule has 0 saturated heterocycles.